The molecule has 0 saturated heterocycles. The lowest BCUT2D eigenvalue weighted by Crippen LogP contribution is -2.11. The largest absolute Gasteiger partial charge is 0.383 e. The number of nitrogen functional groups attached to an aromatic ring is 1. The molecule has 0 aliphatic heterocycles. The third-order valence-electron chi connectivity index (χ3n) is 2.77. The lowest BCUT2D eigenvalue weighted by Gasteiger charge is -2.19. The van der Waals surface area contributed by atoms with E-state index in [2.05, 4.69) is 11.1 Å². The summed E-state index contributed by atoms with van der Waals surface area (Å²) in [4.78, 5) is 5.38. The van der Waals surface area contributed by atoms with Gasteiger partial charge in [-0.05, 0) is 37.5 Å². The number of aryl methyl sites for hydroxylation is 1. The number of pyridine rings is 1. The average Bonchev–Trinajstić information content (AvgIpc) is 2.27. The fourth-order valence-electron chi connectivity index (χ4n) is 2.06. The van der Waals surface area contributed by atoms with Gasteiger partial charge in [0, 0.05) is 10.6 Å². The normalized spacial score (nSPS) is 14.4. The van der Waals surface area contributed by atoms with Gasteiger partial charge < -0.3 is 5.73 Å². The van der Waals surface area contributed by atoms with Crippen LogP contribution in [-0.4, -0.2) is 11.2 Å². The summed E-state index contributed by atoms with van der Waals surface area (Å²) in [6.07, 6.45) is 6.40. The summed E-state index contributed by atoms with van der Waals surface area (Å²) in [5.41, 5.74) is 8.69. The summed E-state index contributed by atoms with van der Waals surface area (Å²) in [5.74, 6) is 0.391. The van der Waals surface area contributed by atoms with Crippen LogP contribution >= 0.6 is 11.8 Å². The maximum atomic E-state index is 9.05. The number of hydrogen-bond donors (Lipinski definition) is 1. The van der Waals surface area contributed by atoms with Gasteiger partial charge in [-0.2, -0.15) is 5.26 Å². The van der Waals surface area contributed by atoms with Crippen molar-refractivity contribution >= 4 is 17.6 Å². The van der Waals surface area contributed by atoms with Gasteiger partial charge in [0.05, 0.1) is 0 Å². The Labute approximate surface area is 93.7 Å². The fraction of sp³-hybridized carbons (Fsp3) is 0.455. The number of aromatic nitrogens is 1. The van der Waals surface area contributed by atoms with Crippen LogP contribution in [0.5, 0.6) is 0 Å². The van der Waals surface area contributed by atoms with E-state index in [4.69, 9.17) is 11.0 Å². The molecule has 15 heavy (non-hydrogen) atoms. The van der Waals surface area contributed by atoms with E-state index in [1.54, 1.807) is 11.8 Å². The first-order chi connectivity index (χ1) is 7.27. The number of anilines is 1. The van der Waals surface area contributed by atoms with Crippen molar-refractivity contribution in [3.8, 4) is 6.07 Å². The van der Waals surface area contributed by atoms with Crippen molar-refractivity contribution in [2.24, 2.45) is 0 Å². The smallest absolute Gasteiger partial charge is 0.142 e. The highest BCUT2D eigenvalue weighted by molar-refractivity contribution is 7.98. The van der Waals surface area contributed by atoms with Crippen molar-refractivity contribution in [1.29, 1.82) is 5.26 Å². The molecule has 0 spiro atoms. The third-order valence-corrected chi connectivity index (χ3v) is 3.63. The summed E-state index contributed by atoms with van der Waals surface area (Å²) in [6, 6.07) is 2.16. The number of hydrogen-bond acceptors (Lipinski definition) is 4. The second-order valence-electron chi connectivity index (χ2n) is 3.65. The molecule has 1 heterocycles. The zero-order valence-corrected chi connectivity index (χ0v) is 9.52. The molecular weight excluding hydrogens is 206 g/mol. The number of nitriles is 1. The maximum Gasteiger partial charge on any atom is 0.142 e. The summed E-state index contributed by atoms with van der Waals surface area (Å²) in [7, 11) is 0. The van der Waals surface area contributed by atoms with Crippen molar-refractivity contribution in [3.63, 3.8) is 0 Å². The summed E-state index contributed by atoms with van der Waals surface area (Å²) >= 11 is 1.61. The van der Waals surface area contributed by atoms with Gasteiger partial charge in [0.2, 0.25) is 0 Å². The Kier molecular flexibility index (Phi) is 2.83. The van der Waals surface area contributed by atoms with E-state index in [1.807, 2.05) is 6.26 Å². The van der Waals surface area contributed by atoms with E-state index in [0.29, 0.717) is 11.4 Å². The van der Waals surface area contributed by atoms with Gasteiger partial charge in [-0.3, -0.25) is 0 Å². The zero-order valence-electron chi connectivity index (χ0n) is 8.71. The molecule has 0 aromatic carbocycles. The van der Waals surface area contributed by atoms with Crippen LogP contribution in [0.3, 0.4) is 0 Å². The fourth-order valence-corrected chi connectivity index (χ4v) is 2.88. The van der Waals surface area contributed by atoms with Crippen molar-refractivity contribution in [2.45, 2.75) is 30.6 Å². The highest BCUT2D eigenvalue weighted by atomic mass is 32.2. The number of nitrogens with two attached hydrogens (primary N) is 1. The highest BCUT2D eigenvalue weighted by Gasteiger charge is 2.19. The van der Waals surface area contributed by atoms with Crippen LogP contribution in [0.15, 0.2) is 4.90 Å². The molecule has 0 unspecified atom stereocenters. The van der Waals surface area contributed by atoms with Crippen LogP contribution in [0, 0.1) is 11.3 Å². The average molecular weight is 219 g/mol. The number of thioether (sulfide) groups is 1. The molecule has 2 N–H and O–H groups in total. The van der Waals surface area contributed by atoms with Crippen LogP contribution in [0.25, 0.3) is 0 Å². The van der Waals surface area contributed by atoms with Crippen molar-refractivity contribution in [1.82, 2.24) is 4.98 Å². The minimum Gasteiger partial charge on any atom is -0.383 e. The monoisotopic (exact) mass is 219 g/mol. The van der Waals surface area contributed by atoms with Gasteiger partial charge >= 0.3 is 0 Å². The van der Waals surface area contributed by atoms with Crippen LogP contribution in [0.4, 0.5) is 5.82 Å². The third kappa shape index (κ3) is 1.68. The molecule has 1 aromatic rings. The molecule has 1 aliphatic carbocycles. The number of nitrogens with zero attached hydrogens (tertiary/aromatic N) is 2. The predicted molar refractivity (Wildman–Crippen MR) is 61.8 cm³/mol. The van der Waals surface area contributed by atoms with E-state index in [1.165, 1.54) is 18.4 Å². The molecule has 1 aromatic heterocycles. The van der Waals surface area contributed by atoms with Gasteiger partial charge in [-0.15, -0.1) is 11.8 Å². The van der Waals surface area contributed by atoms with Gasteiger partial charge in [-0.25, -0.2) is 4.98 Å². The SMILES string of the molecule is CSc1c(C#N)c(N)nc2c1CCCC2. The second-order valence-corrected chi connectivity index (χ2v) is 4.47. The van der Waals surface area contributed by atoms with Crippen LogP contribution in [-0.2, 0) is 12.8 Å². The Bertz CT molecular complexity index is 434. The first-order valence-electron chi connectivity index (χ1n) is 5.03. The Hall–Kier alpha value is -1.21. The standard InChI is InChI=1S/C11H13N3S/c1-15-10-7-4-2-3-5-9(7)14-11(13)8(10)6-12/h2-5H2,1H3,(H2,13,14). The zero-order chi connectivity index (χ0) is 10.8. The molecule has 0 amide bonds. The van der Waals surface area contributed by atoms with E-state index in [9.17, 15) is 0 Å². The molecular formula is C11H13N3S. The van der Waals surface area contributed by atoms with Crippen molar-refractivity contribution in [2.75, 3.05) is 12.0 Å². The second kappa shape index (κ2) is 4.11. The molecule has 2 rings (SSSR count). The van der Waals surface area contributed by atoms with E-state index in [0.717, 1.165) is 23.4 Å². The molecule has 78 valence electrons. The molecule has 1 aliphatic rings. The topological polar surface area (TPSA) is 62.7 Å². The van der Waals surface area contributed by atoms with Gasteiger partial charge in [0.25, 0.3) is 0 Å². The molecule has 4 heteroatoms. The molecule has 0 atom stereocenters. The Morgan fingerprint density at radius 3 is 2.80 bits per heavy atom. The maximum absolute atomic E-state index is 9.05. The summed E-state index contributed by atoms with van der Waals surface area (Å²) in [5, 5.41) is 9.05. The Morgan fingerprint density at radius 1 is 1.40 bits per heavy atom. The lowest BCUT2D eigenvalue weighted by molar-refractivity contribution is 0.658. The van der Waals surface area contributed by atoms with Crippen LogP contribution in [0.1, 0.15) is 29.7 Å². The Morgan fingerprint density at radius 2 is 2.13 bits per heavy atom. The first kappa shape index (κ1) is 10.3. The molecule has 3 nitrogen and oxygen atoms in total. The quantitative estimate of drug-likeness (QED) is 0.735. The summed E-state index contributed by atoms with van der Waals surface area (Å²) in [6.45, 7) is 0. The Balaban J connectivity index is 2.66. The predicted octanol–water partition coefficient (Wildman–Crippen LogP) is 2.14. The highest BCUT2D eigenvalue weighted by Crippen LogP contribution is 2.33. The molecule has 0 fully saturated rings. The number of rotatable bonds is 1. The minimum atomic E-state index is 0.391. The van der Waals surface area contributed by atoms with E-state index in [-0.39, 0.29) is 0 Å². The molecule has 0 bridgehead atoms. The minimum absolute atomic E-state index is 0.391. The van der Waals surface area contributed by atoms with Gasteiger partial charge in [0.15, 0.2) is 0 Å². The lowest BCUT2D eigenvalue weighted by atomic mass is 9.95. The van der Waals surface area contributed by atoms with Crippen molar-refractivity contribution < 1.29 is 0 Å². The van der Waals surface area contributed by atoms with E-state index < -0.39 is 0 Å². The molecule has 0 saturated carbocycles. The van der Waals surface area contributed by atoms with Gasteiger partial charge in [-0.1, -0.05) is 0 Å². The number of fused-ring (bicyclic) bond motifs is 1. The molecule has 0 radical (unpaired) electrons. The summed E-state index contributed by atoms with van der Waals surface area (Å²) < 4.78 is 0. The van der Waals surface area contributed by atoms with Crippen LogP contribution in [0.2, 0.25) is 0 Å². The van der Waals surface area contributed by atoms with Crippen molar-refractivity contribution in [3.05, 3.63) is 16.8 Å². The first-order valence-corrected chi connectivity index (χ1v) is 6.25. The van der Waals surface area contributed by atoms with Gasteiger partial charge in [0.1, 0.15) is 17.5 Å². The van der Waals surface area contributed by atoms with E-state index >= 15 is 0 Å². The van der Waals surface area contributed by atoms with Crippen LogP contribution < -0.4 is 5.73 Å².